The molecule has 5 heteroatoms. The first-order valence-electron chi connectivity index (χ1n) is 6.58. The summed E-state index contributed by atoms with van der Waals surface area (Å²) in [5, 5.41) is 16.3. The molecule has 1 fully saturated rings. The average Bonchev–Trinajstić information content (AvgIpc) is 3.09. The number of benzene rings is 1. The third-order valence-corrected chi connectivity index (χ3v) is 3.75. The van der Waals surface area contributed by atoms with Crippen LogP contribution in [-0.4, -0.2) is 23.1 Å². The molecule has 0 amide bonds. The molecule has 0 aromatic heterocycles. The normalized spacial score (nSPS) is 22.7. The number of oxime groups is 1. The molecule has 1 aromatic carbocycles. The zero-order valence-corrected chi connectivity index (χ0v) is 10.5. The smallest absolute Gasteiger partial charge is 0.335 e. The van der Waals surface area contributed by atoms with Gasteiger partial charge in [-0.2, -0.15) is 0 Å². The number of hydrogen-bond acceptors (Lipinski definition) is 4. The van der Waals surface area contributed by atoms with Crippen LogP contribution < -0.4 is 5.32 Å². The maximum atomic E-state index is 10.9. The van der Waals surface area contributed by atoms with Crippen molar-refractivity contribution in [3.05, 3.63) is 35.4 Å². The SMILES string of the molecule is O=C(O)c1cccc(C2=NOC(C3CCCC3)N2)c1. The Balaban J connectivity index is 1.73. The van der Waals surface area contributed by atoms with Gasteiger partial charge in [0.15, 0.2) is 5.84 Å². The van der Waals surface area contributed by atoms with Crippen molar-refractivity contribution in [2.45, 2.75) is 31.9 Å². The van der Waals surface area contributed by atoms with E-state index in [0.717, 1.165) is 18.4 Å². The predicted molar refractivity (Wildman–Crippen MR) is 69.9 cm³/mol. The number of carboxylic acid groups (broad SMARTS) is 1. The molecule has 0 spiro atoms. The van der Waals surface area contributed by atoms with Crippen LogP contribution in [0.25, 0.3) is 0 Å². The van der Waals surface area contributed by atoms with Crippen LogP contribution >= 0.6 is 0 Å². The predicted octanol–water partition coefficient (Wildman–Crippen LogP) is 2.18. The molecule has 1 atom stereocenters. The highest BCUT2D eigenvalue weighted by Gasteiger charge is 2.31. The van der Waals surface area contributed by atoms with E-state index in [9.17, 15) is 4.79 Å². The van der Waals surface area contributed by atoms with Gasteiger partial charge >= 0.3 is 5.97 Å². The van der Waals surface area contributed by atoms with E-state index >= 15 is 0 Å². The van der Waals surface area contributed by atoms with Crippen molar-refractivity contribution >= 4 is 11.8 Å². The molecule has 1 aliphatic carbocycles. The summed E-state index contributed by atoms with van der Waals surface area (Å²) < 4.78 is 0. The first-order chi connectivity index (χ1) is 9.24. The van der Waals surface area contributed by atoms with E-state index in [0.29, 0.717) is 11.8 Å². The summed E-state index contributed by atoms with van der Waals surface area (Å²) in [6.07, 6.45) is 4.75. The Kier molecular flexibility index (Phi) is 3.11. The summed E-state index contributed by atoms with van der Waals surface area (Å²) in [6.45, 7) is 0. The van der Waals surface area contributed by atoms with Crippen LogP contribution in [0.15, 0.2) is 29.4 Å². The van der Waals surface area contributed by atoms with Crippen LogP contribution in [0.5, 0.6) is 0 Å². The largest absolute Gasteiger partial charge is 0.478 e. The van der Waals surface area contributed by atoms with Crippen molar-refractivity contribution < 1.29 is 14.7 Å². The second-order valence-electron chi connectivity index (χ2n) is 5.04. The van der Waals surface area contributed by atoms with Crippen molar-refractivity contribution in [3.8, 4) is 0 Å². The van der Waals surface area contributed by atoms with Gasteiger partial charge in [0, 0.05) is 11.5 Å². The van der Waals surface area contributed by atoms with Gasteiger partial charge in [0.2, 0.25) is 6.23 Å². The molecule has 3 rings (SSSR count). The van der Waals surface area contributed by atoms with Crippen LogP contribution in [0, 0.1) is 5.92 Å². The van der Waals surface area contributed by atoms with Gasteiger partial charge in [-0.1, -0.05) is 30.1 Å². The molecule has 100 valence electrons. The van der Waals surface area contributed by atoms with Gasteiger partial charge in [0.25, 0.3) is 0 Å². The fraction of sp³-hybridized carbons (Fsp3) is 0.429. The van der Waals surface area contributed by atoms with E-state index < -0.39 is 5.97 Å². The molecule has 1 unspecified atom stereocenters. The third kappa shape index (κ3) is 2.41. The van der Waals surface area contributed by atoms with E-state index in [1.165, 1.54) is 12.8 Å². The number of nitrogens with one attached hydrogen (secondary N) is 1. The topological polar surface area (TPSA) is 70.9 Å². The van der Waals surface area contributed by atoms with Crippen molar-refractivity contribution in [2.75, 3.05) is 0 Å². The van der Waals surface area contributed by atoms with Gasteiger partial charge in [-0.05, 0) is 25.0 Å². The Bertz CT molecular complexity index is 521. The van der Waals surface area contributed by atoms with Gasteiger partial charge in [0.05, 0.1) is 5.56 Å². The van der Waals surface area contributed by atoms with E-state index in [2.05, 4.69) is 10.5 Å². The maximum Gasteiger partial charge on any atom is 0.335 e. The summed E-state index contributed by atoms with van der Waals surface area (Å²) in [5.74, 6) is 0.192. The van der Waals surface area contributed by atoms with Gasteiger partial charge in [0.1, 0.15) is 0 Å². The molecule has 1 aliphatic heterocycles. The second kappa shape index (κ2) is 4.91. The van der Waals surface area contributed by atoms with E-state index in [-0.39, 0.29) is 11.8 Å². The number of carbonyl (C=O) groups is 1. The van der Waals surface area contributed by atoms with Crippen LogP contribution in [-0.2, 0) is 4.84 Å². The lowest BCUT2D eigenvalue weighted by atomic mass is 10.1. The van der Waals surface area contributed by atoms with Crippen LogP contribution in [0.3, 0.4) is 0 Å². The lowest BCUT2D eigenvalue weighted by Crippen LogP contribution is -2.35. The van der Waals surface area contributed by atoms with Gasteiger partial charge in [-0.25, -0.2) is 4.79 Å². The van der Waals surface area contributed by atoms with Crippen molar-refractivity contribution in [2.24, 2.45) is 11.1 Å². The Hall–Kier alpha value is -2.04. The minimum absolute atomic E-state index is 0.0639. The number of carboxylic acids is 1. The van der Waals surface area contributed by atoms with Gasteiger partial charge in [-0.3, -0.25) is 0 Å². The molecule has 1 heterocycles. The molecule has 19 heavy (non-hydrogen) atoms. The highest BCUT2D eigenvalue weighted by atomic mass is 16.7. The van der Waals surface area contributed by atoms with E-state index in [1.54, 1.807) is 18.2 Å². The number of amidine groups is 1. The lowest BCUT2D eigenvalue weighted by molar-refractivity contribution is 0.0297. The number of aromatic carboxylic acids is 1. The minimum atomic E-state index is -0.936. The van der Waals surface area contributed by atoms with Crippen molar-refractivity contribution in [1.82, 2.24) is 5.32 Å². The Morgan fingerprint density at radius 1 is 1.37 bits per heavy atom. The monoisotopic (exact) mass is 260 g/mol. The van der Waals surface area contributed by atoms with Gasteiger partial charge in [-0.15, -0.1) is 0 Å². The average molecular weight is 260 g/mol. The number of rotatable bonds is 3. The first kappa shape index (κ1) is 12.0. The Labute approximate surface area is 111 Å². The maximum absolute atomic E-state index is 10.9. The van der Waals surface area contributed by atoms with Crippen LogP contribution in [0.1, 0.15) is 41.6 Å². The fourth-order valence-electron chi connectivity index (χ4n) is 2.70. The van der Waals surface area contributed by atoms with Crippen LogP contribution in [0.2, 0.25) is 0 Å². The minimum Gasteiger partial charge on any atom is -0.478 e. The van der Waals surface area contributed by atoms with Crippen molar-refractivity contribution in [3.63, 3.8) is 0 Å². The summed E-state index contributed by atoms with van der Waals surface area (Å²) in [6, 6.07) is 6.72. The van der Waals surface area contributed by atoms with Gasteiger partial charge < -0.3 is 15.3 Å². The first-order valence-corrected chi connectivity index (χ1v) is 6.58. The molecular weight excluding hydrogens is 244 g/mol. The summed E-state index contributed by atoms with van der Waals surface area (Å²) >= 11 is 0. The quantitative estimate of drug-likeness (QED) is 0.873. The van der Waals surface area contributed by atoms with Crippen LogP contribution in [0.4, 0.5) is 0 Å². The molecule has 2 aliphatic rings. The fourth-order valence-corrected chi connectivity index (χ4v) is 2.70. The molecule has 1 aromatic rings. The molecule has 0 radical (unpaired) electrons. The summed E-state index contributed by atoms with van der Waals surface area (Å²) in [5.41, 5.74) is 1.01. The third-order valence-electron chi connectivity index (χ3n) is 3.75. The lowest BCUT2D eigenvalue weighted by Gasteiger charge is -2.16. The highest BCUT2D eigenvalue weighted by molar-refractivity contribution is 6.01. The standard InChI is InChI=1S/C14H16N2O3/c17-14(18)11-7-3-6-10(8-11)12-15-13(19-16-12)9-4-1-2-5-9/h3,6-9,13H,1-2,4-5H2,(H,15,16)(H,17,18). The number of nitrogens with zero attached hydrogens (tertiary/aromatic N) is 1. The second-order valence-corrected chi connectivity index (χ2v) is 5.04. The number of hydrogen-bond donors (Lipinski definition) is 2. The zero-order chi connectivity index (χ0) is 13.2. The molecule has 0 saturated heterocycles. The Morgan fingerprint density at radius 2 is 2.16 bits per heavy atom. The molecule has 2 N–H and O–H groups in total. The molecule has 0 bridgehead atoms. The van der Waals surface area contributed by atoms with E-state index in [1.807, 2.05) is 6.07 Å². The Morgan fingerprint density at radius 3 is 2.89 bits per heavy atom. The highest BCUT2D eigenvalue weighted by Crippen LogP contribution is 2.30. The van der Waals surface area contributed by atoms with E-state index in [4.69, 9.17) is 9.94 Å². The molecular formula is C14H16N2O3. The molecule has 1 saturated carbocycles. The summed E-state index contributed by atoms with van der Waals surface area (Å²) in [7, 11) is 0. The summed E-state index contributed by atoms with van der Waals surface area (Å²) in [4.78, 5) is 16.4. The zero-order valence-electron chi connectivity index (χ0n) is 10.5. The molecule has 5 nitrogen and oxygen atoms in total. The van der Waals surface area contributed by atoms with Crippen molar-refractivity contribution in [1.29, 1.82) is 0 Å².